The fourth-order valence-electron chi connectivity index (χ4n) is 5.26. The van der Waals surface area contributed by atoms with Crippen molar-refractivity contribution in [2.45, 2.75) is 25.1 Å². The summed E-state index contributed by atoms with van der Waals surface area (Å²) in [4.78, 5) is 15.3. The molecule has 2 atom stereocenters. The average molecular weight is 516 g/mol. The standard InChI is InChI=1S/C28H25N3O5S/c32-23-12-5-4-11-22(23)25-24-26(30-29-25)28(33)31(20-13-14-37(34,35)17-20)27(24)19-9-6-10-21(15-19)36-16-18-7-2-1-3-8-18/h1-12,15,20,27,32H,13-14,16-17H2,(H,29,30). The van der Waals surface area contributed by atoms with Crippen molar-refractivity contribution >= 4 is 15.7 Å². The van der Waals surface area contributed by atoms with Gasteiger partial charge in [0, 0.05) is 17.2 Å². The Morgan fingerprint density at radius 3 is 2.57 bits per heavy atom. The molecule has 9 heteroatoms. The van der Waals surface area contributed by atoms with Crippen LogP contribution in [-0.2, 0) is 16.4 Å². The van der Waals surface area contributed by atoms with E-state index >= 15 is 0 Å². The van der Waals surface area contributed by atoms with Crippen molar-refractivity contribution in [3.05, 3.63) is 101 Å². The molecule has 1 fully saturated rings. The van der Waals surface area contributed by atoms with Crippen LogP contribution in [0.3, 0.4) is 0 Å². The quantitative estimate of drug-likeness (QED) is 0.400. The van der Waals surface area contributed by atoms with Crippen molar-refractivity contribution in [2.24, 2.45) is 0 Å². The number of hydrogen-bond acceptors (Lipinski definition) is 6. The molecule has 1 aromatic heterocycles. The first kappa shape index (κ1) is 23.3. The lowest BCUT2D eigenvalue weighted by Gasteiger charge is -2.31. The Morgan fingerprint density at radius 1 is 1.03 bits per heavy atom. The number of carbonyl (C=O) groups excluding carboxylic acids is 1. The number of H-pyrrole nitrogens is 1. The number of carbonyl (C=O) groups is 1. The molecule has 6 rings (SSSR count). The summed E-state index contributed by atoms with van der Waals surface area (Å²) >= 11 is 0. The van der Waals surface area contributed by atoms with Crippen LogP contribution in [-0.4, -0.2) is 52.1 Å². The van der Waals surface area contributed by atoms with E-state index in [0.29, 0.717) is 41.3 Å². The molecular formula is C28H25N3O5S. The van der Waals surface area contributed by atoms with Gasteiger partial charge >= 0.3 is 0 Å². The van der Waals surface area contributed by atoms with Crippen LogP contribution in [0.15, 0.2) is 78.9 Å². The molecule has 0 saturated carbocycles. The Morgan fingerprint density at radius 2 is 1.81 bits per heavy atom. The predicted molar refractivity (Wildman–Crippen MR) is 138 cm³/mol. The van der Waals surface area contributed by atoms with Crippen LogP contribution >= 0.6 is 0 Å². The van der Waals surface area contributed by atoms with E-state index in [9.17, 15) is 18.3 Å². The van der Waals surface area contributed by atoms with E-state index in [1.165, 1.54) is 0 Å². The topological polar surface area (TPSA) is 113 Å². The van der Waals surface area contributed by atoms with E-state index in [2.05, 4.69) is 10.2 Å². The summed E-state index contributed by atoms with van der Waals surface area (Å²) in [6, 6.07) is 23.1. The van der Waals surface area contributed by atoms with E-state index < -0.39 is 21.9 Å². The second-order valence-electron chi connectivity index (χ2n) is 9.40. The minimum absolute atomic E-state index is 0.0461. The number of fused-ring (bicyclic) bond motifs is 1. The molecule has 37 heavy (non-hydrogen) atoms. The number of aromatic amines is 1. The predicted octanol–water partition coefficient (Wildman–Crippen LogP) is 4.09. The maximum Gasteiger partial charge on any atom is 0.273 e. The molecule has 1 amide bonds. The molecule has 0 spiro atoms. The van der Waals surface area contributed by atoms with Gasteiger partial charge in [-0.2, -0.15) is 5.10 Å². The van der Waals surface area contributed by atoms with Gasteiger partial charge in [-0.1, -0.05) is 54.6 Å². The summed E-state index contributed by atoms with van der Waals surface area (Å²) in [7, 11) is -3.23. The summed E-state index contributed by atoms with van der Waals surface area (Å²) < 4.78 is 30.8. The van der Waals surface area contributed by atoms with Gasteiger partial charge < -0.3 is 14.7 Å². The molecule has 3 aromatic carbocycles. The summed E-state index contributed by atoms with van der Waals surface area (Å²) in [5.41, 5.74) is 3.69. The Kier molecular flexibility index (Phi) is 5.72. The van der Waals surface area contributed by atoms with Crippen molar-refractivity contribution in [1.82, 2.24) is 15.1 Å². The number of sulfone groups is 1. The van der Waals surface area contributed by atoms with Crippen LogP contribution in [0, 0.1) is 0 Å². The summed E-state index contributed by atoms with van der Waals surface area (Å²) in [5, 5.41) is 17.8. The van der Waals surface area contributed by atoms with E-state index in [0.717, 1.165) is 11.1 Å². The number of phenols is 1. The normalized spacial score (nSPS) is 20.2. The molecular weight excluding hydrogens is 490 g/mol. The highest BCUT2D eigenvalue weighted by Crippen LogP contribution is 2.46. The van der Waals surface area contributed by atoms with Crippen molar-refractivity contribution < 1.29 is 23.1 Å². The molecule has 2 aliphatic heterocycles. The first-order valence-electron chi connectivity index (χ1n) is 12.1. The zero-order chi connectivity index (χ0) is 25.6. The number of hydrogen-bond donors (Lipinski definition) is 2. The number of rotatable bonds is 6. The van der Waals surface area contributed by atoms with Gasteiger partial charge in [0.25, 0.3) is 5.91 Å². The molecule has 2 unspecified atom stereocenters. The second-order valence-corrected chi connectivity index (χ2v) is 11.6. The van der Waals surface area contributed by atoms with E-state index in [-0.39, 0.29) is 23.2 Å². The Hall–Kier alpha value is -4.11. The molecule has 1 saturated heterocycles. The van der Waals surface area contributed by atoms with Crippen molar-refractivity contribution in [1.29, 1.82) is 0 Å². The average Bonchev–Trinajstić information content (AvgIpc) is 3.57. The van der Waals surface area contributed by atoms with Crippen molar-refractivity contribution in [3.63, 3.8) is 0 Å². The number of aromatic nitrogens is 2. The zero-order valence-electron chi connectivity index (χ0n) is 19.9. The third-order valence-corrected chi connectivity index (χ3v) is 8.74. The Labute approximate surface area is 214 Å². The molecule has 3 heterocycles. The van der Waals surface area contributed by atoms with Gasteiger partial charge in [0.2, 0.25) is 0 Å². The van der Waals surface area contributed by atoms with Gasteiger partial charge in [-0.3, -0.25) is 9.89 Å². The third-order valence-electron chi connectivity index (χ3n) is 6.99. The van der Waals surface area contributed by atoms with Crippen LogP contribution in [0.1, 0.15) is 39.6 Å². The summed E-state index contributed by atoms with van der Waals surface area (Å²) in [6.07, 6.45) is 0.373. The number of nitrogens with zero attached hydrogens (tertiary/aromatic N) is 2. The van der Waals surface area contributed by atoms with Gasteiger partial charge in [0.15, 0.2) is 9.84 Å². The first-order chi connectivity index (χ1) is 17.9. The molecule has 4 aromatic rings. The molecule has 8 nitrogen and oxygen atoms in total. The number of aromatic hydroxyl groups is 1. The van der Waals surface area contributed by atoms with E-state index in [4.69, 9.17) is 4.74 Å². The zero-order valence-corrected chi connectivity index (χ0v) is 20.7. The van der Waals surface area contributed by atoms with Gasteiger partial charge in [0.05, 0.1) is 17.5 Å². The molecule has 188 valence electrons. The van der Waals surface area contributed by atoms with Gasteiger partial charge in [-0.15, -0.1) is 0 Å². The van der Waals surface area contributed by atoms with Crippen LogP contribution in [0.2, 0.25) is 0 Å². The first-order valence-corrected chi connectivity index (χ1v) is 13.9. The number of amides is 1. The van der Waals surface area contributed by atoms with Crippen LogP contribution in [0.25, 0.3) is 11.3 Å². The monoisotopic (exact) mass is 515 g/mol. The summed E-state index contributed by atoms with van der Waals surface area (Å²) in [6.45, 7) is 0.387. The minimum atomic E-state index is -3.23. The van der Waals surface area contributed by atoms with Crippen molar-refractivity contribution in [3.8, 4) is 22.8 Å². The highest BCUT2D eigenvalue weighted by Gasteiger charge is 2.48. The lowest BCUT2D eigenvalue weighted by Crippen LogP contribution is -2.40. The van der Waals surface area contributed by atoms with Crippen LogP contribution < -0.4 is 4.74 Å². The maximum atomic E-state index is 13.7. The lowest BCUT2D eigenvalue weighted by atomic mass is 9.95. The third kappa shape index (κ3) is 4.25. The number of para-hydroxylation sites is 1. The molecule has 2 aliphatic rings. The lowest BCUT2D eigenvalue weighted by molar-refractivity contribution is 0.0677. The van der Waals surface area contributed by atoms with E-state index in [1.54, 1.807) is 29.2 Å². The van der Waals surface area contributed by atoms with Gasteiger partial charge in [-0.05, 0) is 41.8 Å². The van der Waals surface area contributed by atoms with Crippen molar-refractivity contribution in [2.75, 3.05) is 11.5 Å². The summed E-state index contributed by atoms with van der Waals surface area (Å²) in [5.74, 6) is 0.348. The number of benzene rings is 3. The number of nitrogens with one attached hydrogen (secondary N) is 1. The highest BCUT2D eigenvalue weighted by molar-refractivity contribution is 7.91. The molecule has 0 radical (unpaired) electrons. The maximum absolute atomic E-state index is 13.7. The van der Waals surface area contributed by atoms with Gasteiger partial charge in [-0.25, -0.2) is 8.42 Å². The van der Waals surface area contributed by atoms with Crippen LogP contribution in [0.5, 0.6) is 11.5 Å². The van der Waals surface area contributed by atoms with E-state index in [1.807, 2.05) is 54.6 Å². The van der Waals surface area contributed by atoms with Crippen LogP contribution in [0.4, 0.5) is 0 Å². The highest BCUT2D eigenvalue weighted by atomic mass is 32.2. The largest absolute Gasteiger partial charge is 0.507 e. The minimum Gasteiger partial charge on any atom is -0.507 e. The molecule has 0 bridgehead atoms. The van der Waals surface area contributed by atoms with Gasteiger partial charge in [0.1, 0.15) is 29.5 Å². The molecule has 2 N–H and O–H groups in total. The fourth-order valence-corrected chi connectivity index (χ4v) is 6.97. The fraction of sp³-hybridized carbons (Fsp3) is 0.214. The molecule has 0 aliphatic carbocycles. The smallest absolute Gasteiger partial charge is 0.273 e. The Balaban J connectivity index is 1.43. The SMILES string of the molecule is O=C1c2[nH]nc(-c3ccccc3O)c2C(c2cccc(OCc3ccccc3)c2)N1C1CCS(=O)(=O)C1. The number of ether oxygens (including phenoxy) is 1. The second kappa shape index (κ2) is 9.08. The number of phenolic OH excluding ortho intramolecular Hbond substituents is 1. The Bertz CT molecular complexity index is 1580.